The second-order valence-electron chi connectivity index (χ2n) is 10.8. The molecule has 0 bridgehead atoms. The van der Waals surface area contributed by atoms with Crippen LogP contribution in [0, 0.1) is 24.5 Å². The summed E-state index contributed by atoms with van der Waals surface area (Å²) in [5, 5.41) is 0. The molecule has 1 saturated carbocycles. The molecule has 2 atom stereocenters. The standard InChI is InChI=1S/C30H31F2NO6S/c1-19-5-17-25(18-6-19)40(36,37)33(29(35)39-30(2,3)4)26(20-9-13-23(31)14-10-20)27(38-28(34)22-7-8-22)21-11-15-24(32)16-12-21/h5-6,9-18,22,26-27H,7-8H2,1-4H3/t26-,27+/m1/s1. The molecule has 212 valence electrons. The number of carbonyl (C=O) groups excluding carboxylic acids is 2. The number of sulfonamides is 1. The number of hydrogen-bond donors (Lipinski definition) is 0. The SMILES string of the molecule is Cc1ccc(S(=O)(=O)N(C(=O)OC(C)(C)C)[C@H](c2ccc(F)cc2)[C@@H](OC(=O)C2CC2)c2ccc(F)cc2)cc1. The molecule has 0 aliphatic heterocycles. The summed E-state index contributed by atoms with van der Waals surface area (Å²) in [5.41, 5.74) is 0.0836. The van der Waals surface area contributed by atoms with Crippen LogP contribution in [0.4, 0.5) is 13.6 Å². The predicted octanol–water partition coefficient (Wildman–Crippen LogP) is 6.63. The van der Waals surface area contributed by atoms with Gasteiger partial charge in [0.05, 0.1) is 10.8 Å². The minimum atomic E-state index is -4.65. The van der Waals surface area contributed by atoms with Crippen molar-refractivity contribution in [2.45, 2.75) is 63.2 Å². The smallest absolute Gasteiger partial charge is 0.425 e. The Morgan fingerprint density at radius 1 is 0.850 bits per heavy atom. The van der Waals surface area contributed by atoms with E-state index in [4.69, 9.17) is 9.47 Å². The minimum absolute atomic E-state index is 0.154. The van der Waals surface area contributed by atoms with E-state index in [-0.39, 0.29) is 21.9 Å². The van der Waals surface area contributed by atoms with Gasteiger partial charge in [-0.1, -0.05) is 42.0 Å². The lowest BCUT2D eigenvalue weighted by atomic mass is 9.95. The molecule has 1 aliphatic rings. The summed E-state index contributed by atoms with van der Waals surface area (Å²) in [6.45, 7) is 6.53. The number of halogens is 2. The van der Waals surface area contributed by atoms with E-state index in [2.05, 4.69) is 0 Å². The van der Waals surface area contributed by atoms with Crippen molar-refractivity contribution in [2.75, 3.05) is 0 Å². The van der Waals surface area contributed by atoms with Crippen LogP contribution >= 0.6 is 0 Å². The summed E-state index contributed by atoms with van der Waals surface area (Å²) in [6.07, 6.45) is -1.43. The Kier molecular flexibility index (Phi) is 8.30. The Balaban J connectivity index is 1.97. The Hall–Kier alpha value is -3.79. The fourth-order valence-corrected chi connectivity index (χ4v) is 5.56. The van der Waals surface area contributed by atoms with Gasteiger partial charge in [0.2, 0.25) is 0 Å². The van der Waals surface area contributed by atoms with Gasteiger partial charge in [-0.15, -0.1) is 0 Å². The average Bonchev–Trinajstić information content (AvgIpc) is 3.72. The molecule has 0 aromatic heterocycles. The van der Waals surface area contributed by atoms with Crippen molar-refractivity contribution in [1.82, 2.24) is 4.31 Å². The van der Waals surface area contributed by atoms with Crippen LogP contribution in [0.3, 0.4) is 0 Å². The minimum Gasteiger partial charge on any atom is -0.455 e. The van der Waals surface area contributed by atoms with Crippen molar-refractivity contribution in [3.05, 3.63) is 101 Å². The number of rotatable bonds is 8. The Morgan fingerprint density at radius 2 is 1.35 bits per heavy atom. The van der Waals surface area contributed by atoms with E-state index in [1.54, 1.807) is 39.8 Å². The van der Waals surface area contributed by atoms with Crippen molar-refractivity contribution in [3.63, 3.8) is 0 Å². The Bertz CT molecular complexity index is 1460. The van der Waals surface area contributed by atoms with E-state index < -0.39 is 51.5 Å². The predicted molar refractivity (Wildman–Crippen MR) is 144 cm³/mol. The highest BCUT2D eigenvalue weighted by Gasteiger charge is 2.46. The zero-order valence-electron chi connectivity index (χ0n) is 22.6. The molecule has 0 radical (unpaired) electrons. The molecule has 7 nitrogen and oxygen atoms in total. The maximum Gasteiger partial charge on any atom is 0.425 e. The molecule has 0 N–H and O–H groups in total. The quantitative estimate of drug-likeness (QED) is 0.282. The second kappa shape index (κ2) is 11.4. The van der Waals surface area contributed by atoms with Crippen LogP contribution in [-0.4, -0.2) is 30.4 Å². The molecule has 3 aromatic rings. The molecule has 3 aromatic carbocycles. The number of benzene rings is 3. The molecule has 0 saturated heterocycles. The van der Waals surface area contributed by atoms with Gasteiger partial charge < -0.3 is 9.47 Å². The van der Waals surface area contributed by atoms with Crippen LogP contribution in [-0.2, 0) is 24.3 Å². The van der Waals surface area contributed by atoms with Crippen LogP contribution in [0.5, 0.6) is 0 Å². The first kappa shape index (κ1) is 29.2. The topological polar surface area (TPSA) is 90.0 Å². The molecule has 4 rings (SSSR count). The van der Waals surface area contributed by atoms with Gasteiger partial charge in [-0.25, -0.2) is 22.0 Å². The summed E-state index contributed by atoms with van der Waals surface area (Å²) in [4.78, 5) is 26.6. The van der Waals surface area contributed by atoms with E-state index in [9.17, 15) is 26.8 Å². The summed E-state index contributed by atoms with van der Waals surface area (Å²) >= 11 is 0. The first-order valence-electron chi connectivity index (χ1n) is 12.8. The third-order valence-corrected chi connectivity index (χ3v) is 8.02. The number of esters is 1. The molecule has 1 fully saturated rings. The molecule has 1 aliphatic carbocycles. The fourth-order valence-electron chi connectivity index (χ4n) is 4.09. The molecule has 10 heteroatoms. The zero-order chi connectivity index (χ0) is 29.2. The van der Waals surface area contributed by atoms with Gasteiger partial charge >= 0.3 is 12.1 Å². The van der Waals surface area contributed by atoms with Crippen LogP contribution in [0.25, 0.3) is 0 Å². The highest BCUT2D eigenvalue weighted by Crippen LogP contribution is 2.43. The third-order valence-electron chi connectivity index (χ3n) is 6.25. The summed E-state index contributed by atoms with van der Waals surface area (Å²) < 4.78 is 68.3. The number of nitrogens with zero attached hydrogens (tertiary/aromatic N) is 1. The summed E-state index contributed by atoms with van der Waals surface area (Å²) in [7, 11) is -4.65. The van der Waals surface area contributed by atoms with Crippen LogP contribution in [0.15, 0.2) is 77.7 Å². The monoisotopic (exact) mass is 571 g/mol. The number of aryl methyl sites for hydroxylation is 1. The lowest BCUT2D eigenvalue weighted by molar-refractivity contribution is -0.154. The van der Waals surface area contributed by atoms with Gasteiger partial charge in [0.15, 0.2) is 6.10 Å². The summed E-state index contributed by atoms with van der Waals surface area (Å²) in [5.74, 6) is -2.12. The van der Waals surface area contributed by atoms with E-state index in [0.29, 0.717) is 17.1 Å². The van der Waals surface area contributed by atoms with Crippen molar-refractivity contribution in [2.24, 2.45) is 5.92 Å². The first-order chi connectivity index (χ1) is 18.8. The zero-order valence-corrected chi connectivity index (χ0v) is 23.5. The van der Waals surface area contributed by atoms with E-state index >= 15 is 0 Å². The van der Waals surface area contributed by atoms with E-state index in [1.807, 2.05) is 0 Å². The van der Waals surface area contributed by atoms with Crippen LogP contribution < -0.4 is 0 Å². The number of amides is 1. The second-order valence-corrected chi connectivity index (χ2v) is 12.6. The maximum absolute atomic E-state index is 14.2. The highest BCUT2D eigenvalue weighted by molar-refractivity contribution is 7.89. The van der Waals surface area contributed by atoms with E-state index in [1.165, 1.54) is 36.4 Å². The number of carbonyl (C=O) groups is 2. The summed E-state index contributed by atoms with van der Waals surface area (Å²) in [6, 6.07) is 14.2. The van der Waals surface area contributed by atoms with Crippen LogP contribution in [0.2, 0.25) is 0 Å². The molecule has 0 unspecified atom stereocenters. The molecular formula is C30H31F2NO6S. The van der Waals surface area contributed by atoms with Crippen molar-refractivity contribution in [1.29, 1.82) is 0 Å². The average molecular weight is 572 g/mol. The van der Waals surface area contributed by atoms with E-state index in [0.717, 1.165) is 29.8 Å². The molecule has 40 heavy (non-hydrogen) atoms. The lowest BCUT2D eigenvalue weighted by Crippen LogP contribution is -2.45. The first-order valence-corrected chi connectivity index (χ1v) is 14.3. The molecule has 0 heterocycles. The van der Waals surface area contributed by atoms with Crippen molar-refractivity contribution >= 4 is 22.1 Å². The van der Waals surface area contributed by atoms with Gasteiger partial charge in [0.25, 0.3) is 10.0 Å². The van der Waals surface area contributed by atoms with Gasteiger partial charge in [-0.3, -0.25) is 4.79 Å². The molecule has 1 amide bonds. The Labute approximate surface area is 232 Å². The largest absolute Gasteiger partial charge is 0.455 e. The lowest BCUT2D eigenvalue weighted by Gasteiger charge is -2.37. The maximum atomic E-state index is 14.2. The molecule has 0 spiro atoms. The van der Waals surface area contributed by atoms with Crippen molar-refractivity contribution in [3.8, 4) is 0 Å². The normalized spacial score (nSPS) is 15.2. The van der Waals surface area contributed by atoms with Gasteiger partial charge in [-0.2, -0.15) is 4.31 Å². The highest BCUT2D eigenvalue weighted by atomic mass is 32.2. The van der Waals surface area contributed by atoms with Crippen molar-refractivity contribution < 1.29 is 36.3 Å². The fraction of sp³-hybridized carbons (Fsp3) is 0.333. The number of ether oxygens (including phenoxy) is 2. The van der Waals surface area contributed by atoms with Gasteiger partial charge in [-0.05, 0) is 88.1 Å². The molecular weight excluding hydrogens is 540 g/mol. The number of hydrogen-bond acceptors (Lipinski definition) is 6. The van der Waals surface area contributed by atoms with Crippen LogP contribution in [0.1, 0.15) is 62.4 Å². The van der Waals surface area contributed by atoms with Gasteiger partial charge in [0, 0.05) is 0 Å². The van der Waals surface area contributed by atoms with Gasteiger partial charge in [0.1, 0.15) is 23.3 Å². The third kappa shape index (κ3) is 6.85. The Morgan fingerprint density at radius 3 is 1.82 bits per heavy atom.